The largest absolute Gasteiger partial charge is 0.350 e. The number of hydrogen-bond acceptors (Lipinski definition) is 1. The Labute approximate surface area is 101 Å². The van der Waals surface area contributed by atoms with Crippen LogP contribution in [0.4, 0.5) is 4.39 Å². The molecule has 1 rings (SSSR count). The number of amides is 1. The van der Waals surface area contributed by atoms with Crippen molar-refractivity contribution in [2.75, 3.05) is 0 Å². The van der Waals surface area contributed by atoms with Gasteiger partial charge in [0, 0.05) is 6.04 Å². The zero-order valence-corrected chi connectivity index (χ0v) is 10.6. The molecule has 1 aromatic rings. The fourth-order valence-corrected chi connectivity index (χ4v) is 1.76. The summed E-state index contributed by atoms with van der Waals surface area (Å²) in [5, 5.41) is 2.86. The number of nitrogens with one attached hydrogen (secondary N) is 1. The predicted molar refractivity (Wildman–Crippen MR) is 61.7 cm³/mol. The Balaban J connectivity index is 3.04. The summed E-state index contributed by atoms with van der Waals surface area (Å²) in [4.78, 5) is 11.6. The highest BCUT2D eigenvalue weighted by Crippen LogP contribution is 2.24. The Bertz CT molecular complexity index is 395. The Hall–Kier alpha value is -0.610. The first-order chi connectivity index (χ1) is 6.91. The van der Waals surface area contributed by atoms with Crippen LogP contribution in [0.15, 0.2) is 16.6 Å². The molecule has 0 atom stereocenters. The number of carbonyl (C=O) groups excluding carboxylic acids is 1. The number of hydrogen-bond donors (Lipinski definition) is 1. The molecule has 0 aliphatic carbocycles. The number of carbonyl (C=O) groups is 1. The second-order valence-electron chi connectivity index (χ2n) is 3.37. The molecule has 0 saturated heterocycles. The van der Waals surface area contributed by atoms with Gasteiger partial charge in [-0.25, -0.2) is 4.39 Å². The first-order valence-corrected chi connectivity index (χ1v) is 5.54. The number of benzene rings is 1. The molecule has 0 unspecified atom stereocenters. The van der Waals surface area contributed by atoms with Crippen molar-refractivity contribution in [3.8, 4) is 0 Å². The van der Waals surface area contributed by atoms with Crippen molar-refractivity contribution in [1.29, 1.82) is 0 Å². The summed E-state index contributed by atoms with van der Waals surface area (Å²) in [7, 11) is 0. The lowest BCUT2D eigenvalue weighted by Crippen LogP contribution is -2.30. The molecule has 0 aromatic heterocycles. The summed E-state index contributed by atoms with van der Waals surface area (Å²) in [5.74, 6) is -0.880. The van der Waals surface area contributed by atoms with Crippen LogP contribution in [0.2, 0.25) is 5.02 Å². The van der Waals surface area contributed by atoms with Gasteiger partial charge in [-0.3, -0.25) is 4.79 Å². The number of rotatable bonds is 2. The van der Waals surface area contributed by atoms with E-state index in [1.807, 2.05) is 13.8 Å². The van der Waals surface area contributed by atoms with Gasteiger partial charge < -0.3 is 5.32 Å². The Morgan fingerprint density at radius 3 is 2.67 bits per heavy atom. The van der Waals surface area contributed by atoms with Gasteiger partial charge in [-0.2, -0.15) is 0 Å². The maximum Gasteiger partial charge on any atom is 0.253 e. The Morgan fingerprint density at radius 2 is 2.13 bits per heavy atom. The molecule has 0 radical (unpaired) electrons. The molecular formula is C10H10BrClFNO. The van der Waals surface area contributed by atoms with Crippen LogP contribution < -0.4 is 5.32 Å². The van der Waals surface area contributed by atoms with Crippen molar-refractivity contribution < 1.29 is 9.18 Å². The molecule has 0 bridgehead atoms. The molecule has 82 valence electrons. The SMILES string of the molecule is CC(C)NC(=O)c1cc(F)c(Br)cc1Cl. The van der Waals surface area contributed by atoms with Crippen LogP contribution in [0, 0.1) is 5.82 Å². The van der Waals surface area contributed by atoms with Gasteiger partial charge in [0.15, 0.2) is 0 Å². The van der Waals surface area contributed by atoms with E-state index in [0.29, 0.717) is 0 Å². The third-order valence-corrected chi connectivity index (χ3v) is 2.59. The molecule has 0 fully saturated rings. The smallest absolute Gasteiger partial charge is 0.253 e. The molecule has 0 aliphatic heterocycles. The van der Waals surface area contributed by atoms with Crippen LogP contribution in [-0.2, 0) is 0 Å². The van der Waals surface area contributed by atoms with Gasteiger partial charge in [0.2, 0.25) is 0 Å². The highest BCUT2D eigenvalue weighted by molar-refractivity contribution is 9.10. The lowest BCUT2D eigenvalue weighted by atomic mass is 10.2. The predicted octanol–water partition coefficient (Wildman–Crippen LogP) is 3.38. The first kappa shape index (κ1) is 12.5. The zero-order chi connectivity index (χ0) is 11.6. The fourth-order valence-electron chi connectivity index (χ4n) is 1.04. The van der Waals surface area contributed by atoms with Crippen molar-refractivity contribution in [3.05, 3.63) is 33.0 Å². The molecule has 1 aromatic carbocycles. The van der Waals surface area contributed by atoms with Gasteiger partial charge in [-0.05, 0) is 41.9 Å². The summed E-state index contributed by atoms with van der Waals surface area (Å²) in [6.07, 6.45) is 0. The molecule has 0 aliphatic rings. The zero-order valence-electron chi connectivity index (χ0n) is 8.27. The van der Waals surface area contributed by atoms with E-state index in [9.17, 15) is 9.18 Å². The summed E-state index contributed by atoms with van der Waals surface area (Å²) in [5.41, 5.74) is 0.145. The summed E-state index contributed by atoms with van der Waals surface area (Å²) in [6.45, 7) is 3.64. The van der Waals surface area contributed by atoms with Crippen LogP contribution in [0.5, 0.6) is 0 Å². The van der Waals surface area contributed by atoms with Crippen LogP contribution in [-0.4, -0.2) is 11.9 Å². The molecule has 1 N–H and O–H groups in total. The van der Waals surface area contributed by atoms with Crippen LogP contribution in [0.25, 0.3) is 0 Å². The minimum absolute atomic E-state index is 0.0136. The minimum Gasteiger partial charge on any atom is -0.350 e. The summed E-state index contributed by atoms with van der Waals surface area (Å²) >= 11 is 8.81. The van der Waals surface area contributed by atoms with Gasteiger partial charge in [-0.15, -0.1) is 0 Å². The topological polar surface area (TPSA) is 29.1 Å². The van der Waals surface area contributed by atoms with Crippen LogP contribution in [0.1, 0.15) is 24.2 Å². The minimum atomic E-state index is -0.506. The van der Waals surface area contributed by atoms with Gasteiger partial charge in [0.05, 0.1) is 15.1 Å². The Kier molecular flexibility index (Phi) is 4.11. The summed E-state index contributed by atoms with van der Waals surface area (Å²) in [6, 6.07) is 2.47. The average Bonchev–Trinajstić information content (AvgIpc) is 2.09. The molecule has 0 heterocycles. The van der Waals surface area contributed by atoms with E-state index < -0.39 is 5.82 Å². The molecule has 1 amide bonds. The third-order valence-electron chi connectivity index (χ3n) is 1.67. The van der Waals surface area contributed by atoms with E-state index in [-0.39, 0.29) is 27.0 Å². The lowest BCUT2D eigenvalue weighted by Gasteiger charge is -2.10. The lowest BCUT2D eigenvalue weighted by molar-refractivity contribution is 0.0943. The monoisotopic (exact) mass is 293 g/mol. The van der Waals surface area contributed by atoms with Crippen molar-refractivity contribution in [2.24, 2.45) is 0 Å². The second-order valence-corrected chi connectivity index (χ2v) is 4.64. The molecule has 15 heavy (non-hydrogen) atoms. The van der Waals surface area contributed by atoms with Gasteiger partial charge in [-0.1, -0.05) is 11.6 Å². The van der Waals surface area contributed by atoms with Crippen LogP contribution in [0.3, 0.4) is 0 Å². The van der Waals surface area contributed by atoms with Gasteiger partial charge >= 0.3 is 0 Å². The highest BCUT2D eigenvalue weighted by atomic mass is 79.9. The fraction of sp³-hybridized carbons (Fsp3) is 0.300. The summed E-state index contributed by atoms with van der Waals surface area (Å²) < 4.78 is 13.4. The van der Waals surface area contributed by atoms with E-state index >= 15 is 0 Å². The third kappa shape index (κ3) is 3.18. The van der Waals surface area contributed by atoms with Crippen LogP contribution >= 0.6 is 27.5 Å². The standard InChI is InChI=1S/C10H10BrClFNO/c1-5(2)14-10(15)6-3-9(13)7(11)4-8(6)12/h3-5H,1-2H3,(H,14,15). The van der Waals surface area contributed by atoms with E-state index in [1.54, 1.807) is 0 Å². The van der Waals surface area contributed by atoms with E-state index in [1.165, 1.54) is 6.07 Å². The normalized spacial score (nSPS) is 10.5. The Morgan fingerprint density at radius 1 is 1.53 bits per heavy atom. The van der Waals surface area contributed by atoms with E-state index in [4.69, 9.17) is 11.6 Å². The molecule has 5 heteroatoms. The maximum atomic E-state index is 13.2. The molecule has 0 spiro atoms. The first-order valence-electron chi connectivity index (χ1n) is 4.37. The highest BCUT2D eigenvalue weighted by Gasteiger charge is 2.14. The number of halogens is 3. The molecule has 0 saturated carbocycles. The molecular weight excluding hydrogens is 284 g/mol. The maximum absolute atomic E-state index is 13.2. The van der Waals surface area contributed by atoms with Crippen molar-refractivity contribution in [2.45, 2.75) is 19.9 Å². The average molecular weight is 295 g/mol. The van der Waals surface area contributed by atoms with Gasteiger partial charge in [0.1, 0.15) is 5.82 Å². The van der Waals surface area contributed by atoms with Gasteiger partial charge in [0.25, 0.3) is 5.91 Å². The van der Waals surface area contributed by atoms with E-state index in [2.05, 4.69) is 21.2 Å². The van der Waals surface area contributed by atoms with Crippen molar-refractivity contribution in [1.82, 2.24) is 5.32 Å². The van der Waals surface area contributed by atoms with Crippen molar-refractivity contribution in [3.63, 3.8) is 0 Å². The molecule has 2 nitrogen and oxygen atoms in total. The van der Waals surface area contributed by atoms with Crippen molar-refractivity contribution >= 4 is 33.4 Å². The van der Waals surface area contributed by atoms with E-state index in [0.717, 1.165) is 6.07 Å². The quantitative estimate of drug-likeness (QED) is 0.832. The second kappa shape index (κ2) is 4.94.